The zero-order valence-electron chi connectivity index (χ0n) is 10.1. The summed E-state index contributed by atoms with van der Waals surface area (Å²) in [4.78, 5) is 0. The molecule has 1 aliphatic rings. The molecule has 2 nitrogen and oxygen atoms in total. The molecule has 0 saturated heterocycles. The van der Waals surface area contributed by atoms with E-state index in [4.69, 9.17) is 10.5 Å². The highest BCUT2D eigenvalue weighted by atomic mass is 19.1. The Labute approximate surface area is 102 Å². The Morgan fingerprint density at radius 2 is 1.88 bits per heavy atom. The third-order valence-corrected chi connectivity index (χ3v) is 3.35. The van der Waals surface area contributed by atoms with Crippen molar-refractivity contribution in [1.29, 1.82) is 0 Å². The summed E-state index contributed by atoms with van der Waals surface area (Å²) in [5, 5.41) is 0. The van der Waals surface area contributed by atoms with E-state index in [1.165, 1.54) is 31.7 Å². The van der Waals surface area contributed by atoms with Crippen molar-refractivity contribution in [3.05, 3.63) is 29.6 Å². The fourth-order valence-corrected chi connectivity index (χ4v) is 2.30. The molecule has 0 atom stereocenters. The molecule has 2 N–H and O–H groups in total. The van der Waals surface area contributed by atoms with Crippen LogP contribution in [0.2, 0.25) is 0 Å². The predicted octanol–water partition coefficient (Wildman–Crippen LogP) is 3.65. The van der Waals surface area contributed by atoms with Crippen molar-refractivity contribution in [3.8, 4) is 0 Å². The van der Waals surface area contributed by atoms with E-state index in [1.54, 1.807) is 12.1 Å². The fourth-order valence-electron chi connectivity index (χ4n) is 2.30. The average molecular weight is 237 g/mol. The van der Waals surface area contributed by atoms with Gasteiger partial charge in [-0.1, -0.05) is 31.7 Å². The van der Waals surface area contributed by atoms with Gasteiger partial charge in [-0.2, -0.15) is 0 Å². The molecule has 1 fully saturated rings. The number of hydrogen-bond donors (Lipinski definition) is 1. The molecule has 17 heavy (non-hydrogen) atoms. The lowest BCUT2D eigenvalue weighted by Gasteiger charge is -2.15. The maximum absolute atomic E-state index is 13.5. The first-order chi connectivity index (χ1) is 8.25. The smallest absolute Gasteiger partial charge is 0.130 e. The van der Waals surface area contributed by atoms with Crippen molar-refractivity contribution < 1.29 is 9.13 Å². The zero-order chi connectivity index (χ0) is 12.1. The summed E-state index contributed by atoms with van der Waals surface area (Å²) < 4.78 is 19.3. The number of hydrogen-bond acceptors (Lipinski definition) is 2. The summed E-state index contributed by atoms with van der Waals surface area (Å²) in [5.41, 5.74) is 6.57. The summed E-state index contributed by atoms with van der Waals surface area (Å²) in [6, 6.07) is 4.78. The van der Waals surface area contributed by atoms with Crippen LogP contribution in [0.15, 0.2) is 18.2 Å². The van der Waals surface area contributed by atoms with E-state index in [1.807, 2.05) is 0 Å². The highest BCUT2D eigenvalue weighted by molar-refractivity contribution is 5.40. The number of nitrogens with two attached hydrogens (primary N) is 1. The van der Waals surface area contributed by atoms with Gasteiger partial charge in [0.1, 0.15) is 5.82 Å². The van der Waals surface area contributed by atoms with Crippen molar-refractivity contribution >= 4 is 5.69 Å². The topological polar surface area (TPSA) is 35.2 Å². The molecule has 2 rings (SSSR count). The first kappa shape index (κ1) is 12.4. The van der Waals surface area contributed by atoms with Crippen LogP contribution < -0.4 is 5.73 Å². The van der Waals surface area contributed by atoms with Crippen molar-refractivity contribution in [2.75, 3.05) is 5.73 Å². The van der Waals surface area contributed by atoms with Gasteiger partial charge in [-0.3, -0.25) is 0 Å². The van der Waals surface area contributed by atoms with Gasteiger partial charge >= 0.3 is 0 Å². The molecule has 3 heteroatoms. The highest BCUT2D eigenvalue weighted by Gasteiger charge is 2.13. The van der Waals surface area contributed by atoms with E-state index in [-0.39, 0.29) is 5.82 Å². The van der Waals surface area contributed by atoms with Crippen molar-refractivity contribution in [2.45, 2.75) is 51.2 Å². The van der Waals surface area contributed by atoms with Gasteiger partial charge in [0.05, 0.1) is 12.7 Å². The first-order valence-electron chi connectivity index (χ1n) is 6.41. The largest absolute Gasteiger partial charge is 0.399 e. The van der Waals surface area contributed by atoms with Crippen LogP contribution in [0.25, 0.3) is 0 Å². The van der Waals surface area contributed by atoms with Gasteiger partial charge in [0.2, 0.25) is 0 Å². The van der Waals surface area contributed by atoms with E-state index in [0.29, 0.717) is 24.0 Å². The third kappa shape index (κ3) is 3.70. The molecule has 0 amide bonds. The van der Waals surface area contributed by atoms with Crippen LogP contribution in [0.4, 0.5) is 10.1 Å². The monoisotopic (exact) mass is 237 g/mol. The maximum Gasteiger partial charge on any atom is 0.130 e. The van der Waals surface area contributed by atoms with Gasteiger partial charge in [-0.25, -0.2) is 4.39 Å². The minimum atomic E-state index is -0.265. The Kier molecular flexibility index (Phi) is 4.37. The molecule has 1 saturated carbocycles. The molecule has 0 aliphatic heterocycles. The summed E-state index contributed by atoms with van der Waals surface area (Å²) >= 11 is 0. The molecule has 0 bridgehead atoms. The molecule has 0 radical (unpaired) electrons. The van der Waals surface area contributed by atoms with Crippen molar-refractivity contribution in [3.63, 3.8) is 0 Å². The lowest BCUT2D eigenvalue weighted by molar-refractivity contribution is 0.0296. The first-order valence-corrected chi connectivity index (χ1v) is 6.41. The van der Waals surface area contributed by atoms with E-state index in [9.17, 15) is 4.39 Å². The Balaban J connectivity index is 1.88. The molecule has 0 heterocycles. The molecule has 94 valence electrons. The number of halogens is 1. The summed E-state index contributed by atoms with van der Waals surface area (Å²) in [6.07, 6.45) is 7.58. The summed E-state index contributed by atoms with van der Waals surface area (Å²) in [7, 11) is 0. The van der Waals surface area contributed by atoms with Gasteiger partial charge in [0.15, 0.2) is 0 Å². The molecule has 0 aromatic heterocycles. The van der Waals surface area contributed by atoms with Crippen LogP contribution in [0.3, 0.4) is 0 Å². The second kappa shape index (κ2) is 6.01. The molecular weight excluding hydrogens is 217 g/mol. The van der Waals surface area contributed by atoms with Crippen molar-refractivity contribution in [2.24, 2.45) is 0 Å². The van der Waals surface area contributed by atoms with Gasteiger partial charge < -0.3 is 10.5 Å². The Hall–Kier alpha value is -1.09. The second-order valence-electron chi connectivity index (χ2n) is 4.78. The normalized spacial score (nSPS) is 17.9. The molecule has 1 aliphatic carbocycles. The average Bonchev–Trinajstić information content (AvgIpc) is 2.56. The molecule has 0 spiro atoms. The molecular formula is C14H20FNO. The van der Waals surface area contributed by atoms with Gasteiger partial charge in [-0.15, -0.1) is 0 Å². The summed E-state index contributed by atoms with van der Waals surface area (Å²) in [5.74, 6) is -0.265. The van der Waals surface area contributed by atoms with Crippen LogP contribution in [-0.4, -0.2) is 6.10 Å². The predicted molar refractivity (Wildman–Crippen MR) is 67.1 cm³/mol. The van der Waals surface area contributed by atoms with Crippen molar-refractivity contribution in [1.82, 2.24) is 0 Å². The van der Waals surface area contributed by atoms with Gasteiger partial charge in [-0.05, 0) is 25.0 Å². The lowest BCUT2D eigenvalue weighted by atomic mass is 10.1. The third-order valence-electron chi connectivity index (χ3n) is 3.35. The van der Waals surface area contributed by atoms with E-state index >= 15 is 0 Å². The quantitative estimate of drug-likeness (QED) is 0.643. The number of ether oxygens (including phenoxy) is 1. The van der Waals surface area contributed by atoms with Gasteiger partial charge in [0.25, 0.3) is 0 Å². The fraction of sp³-hybridized carbons (Fsp3) is 0.571. The standard InChI is InChI=1S/C14H20FNO/c15-14-9-12(16)8-7-11(14)10-17-13-5-3-1-2-4-6-13/h7-9,13H,1-6,10,16H2. The van der Waals surface area contributed by atoms with E-state index in [2.05, 4.69) is 0 Å². The van der Waals surface area contributed by atoms with Crippen LogP contribution in [0.1, 0.15) is 44.1 Å². The van der Waals surface area contributed by atoms with E-state index in [0.717, 1.165) is 12.8 Å². The Morgan fingerprint density at radius 3 is 2.53 bits per heavy atom. The van der Waals surface area contributed by atoms with E-state index < -0.39 is 0 Å². The van der Waals surface area contributed by atoms with Crippen LogP contribution in [0.5, 0.6) is 0 Å². The lowest BCUT2D eigenvalue weighted by Crippen LogP contribution is -2.12. The minimum absolute atomic E-state index is 0.265. The second-order valence-corrected chi connectivity index (χ2v) is 4.78. The summed E-state index contributed by atoms with van der Waals surface area (Å²) in [6.45, 7) is 0.358. The molecule has 1 aromatic carbocycles. The Bertz CT molecular complexity index is 359. The van der Waals surface area contributed by atoms with Crippen LogP contribution in [-0.2, 0) is 11.3 Å². The SMILES string of the molecule is Nc1ccc(COC2CCCCCC2)c(F)c1. The minimum Gasteiger partial charge on any atom is -0.399 e. The van der Waals surface area contributed by atoms with Gasteiger partial charge in [0, 0.05) is 11.3 Å². The zero-order valence-corrected chi connectivity index (χ0v) is 10.1. The van der Waals surface area contributed by atoms with Crippen LogP contribution in [0, 0.1) is 5.82 Å². The number of rotatable bonds is 3. The highest BCUT2D eigenvalue weighted by Crippen LogP contribution is 2.21. The number of anilines is 1. The Morgan fingerprint density at radius 1 is 1.18 bits per heavy atom. The molecule has 1 aromatic rings. The number of nitrogen functional groups attached to an aromatic ring is 1. The van der Waals surface area contributed by atoms with Crippen LogP contribution >= 0.6 is 0 Å². The maximum atomic E-state index is 13.5. The molecule has 0 unspecified atom stereocenters. The number of benzene rings is 1.